The number of ketones is 2. The number of benzene rings is 2. The minimum Gasteiger partial charge on any atom is -0.507 e. The Bertz CT molecular complexity index is 802. The van der Waals surface area contributed by atoms with E-state index in [2.05, 4.69) is 0 Å². The summed E-state index contributed by atoms with van der Waals surface area (Å²) in [5, 5.41) is 10.3. The second-order valence-electron chi connectivity index (χ2n) is 5.69. The molecule has 0 heterocycles. The van der Waals surface area contributed by atoms with Gasteiger partial charge in [0, 0.05) is 16.7 Å². The summed E-state index contributed by atoms with van der Waals surface area (Å²) in [6.45, 7) is 0. The maximum absolute atomic E-state index is 12.8. The summed E-state index contributed by atoms with van der Waals surface area (Å²) < 4.78 is 0. The van der Waals surface area contributed by atoms with Crippen LogP contribution in [0.4, 0.5) is 0 Å². The average Bonchev–Trinajstić information content (AvgIpc) is 2.51. The van der Waals surface area contributed by atoms with Crippen LogP contribution in [-0.4, -0.2) is 16.7 Å². The van der Waals surface area contributed by atoms with Gasteiger partial charge in [-0.3, -0.25) is 9.59 Å². The topological polar surface area (TPSA) is 54.4 Å². The van der Waals surface area contributed by atoms with Gasteiger partial charge >= 0.3 is 0 Å². The van der Waals surface area contributed by atoms with Crippen LogP contribution in [0.15, 0.2) is 30.3 Å². The number of carbonyl (C=O) groups excluding carboxylic acids is 2. The Hall–Kier alpha value is -2.42. The molecule has 3 heteroatoms. The summed E-state index contributed by atoms with van der Waals surface area (Å²) in [6.07, 6.45) is 3.75. The van der Waals surface area contributed by atoms with Crippen molar-refractivity contribution in [2.75, 3.05) is 0 Å². The molecule has 0 aromatic heterocycles. The van der Waals surface area contributed by atoms with E-state index in [1.807, 2.05) is 0 Å². The summed E-state index contributed by atoms with van der Waals surface area (Å²) in [5.74, 6) is -0.432. The van der Waals surface area contributed by atoms with Crippen molar-refractivity contribution in [1.82, 2.24) is 0 Å². The van der Waals surface area contributed by atoms with Crippen LogP contribution in [0.3, 0.4) is 0 Å². The van der Waals surface area contributed by atoms with E-state index >= 15 is 0 Å². The Balaban J connectivity index is 2.07. The summed E-state index contributed by atoms with van der Waals surface area (Å²) in [7, 11) is 0. The highest BCUT2D eigenvalue weighted by Gasteiger charge is 2.35. The highest BCUT2D eigenvalue weighted by Crippen LogP contribution is 2.39. The van der Waals surface area contributed by atoms with E-state index in [0.717, 1.165) is 36.8 Å². The molecule has 0 aliphatic heterocycles. The van der Waals surface area contributed by atoms with Crippen LogP contribution in [0.25, 0.3) is 0 Å². The smallest absolute Gasteiger partial charge is 0.198 e. The molecule has 1 N–H and O–H groups in total. The third-order valence-corrected chi connectivity index (χ3v) is 4.50. The first-order chi connectivity index (χ1) is 10.2. The minimum absolute atomic E-state index is 0.0569. The maximum Gasteiger partial charge on any atom is 0.198 e. The fraction of sp³-hybridized carbons (Fsp3) is 0.222. The number of carbonyl (C=O) groups is 2. The van der Waals surface area contributed by atoms with Crippen LogP contribution in [0.1, 0.15) is 55.8 Å². The van der Waals surface area contributed by atoms with Crippen molar-refractivity contribution in [1.29, 1.82) is 0 Å². The first kappa shape index (κ1) is 12.3. The van der Waals surface area contributed by atoms with Crippen LogP contribution in [0.2, 0.25) is 0 Å². The lowest BCUT2D eigenvalue weighted by Gasteiger charge is -2.25. The molecule has 0 saturated carbocycles. The Morgan fingerprint density at radius 1 is 0.857 bits per heavy atom. The number of hydrogen-bond donors (Lipinski definition) is 1. The maximum atomic E-state index is 12.8. The molecule has 0 saturated heterocycles. The first-order valence-electron chi connectivity index (χ1n) is 7.24. The van der Waals surface area contributed by atoms with Crippen molar-refractivity contribution in [2.45, 2.75) is 25.7 Å². The molecular formula is C18H14O3. The molecule has 3 nitrogen and oxygen atoms in total. The van der Waals surface area contributed by atoms with Gasteiger partial charge in [0.15, 0.2) is 11.6 Å². The van der Waals surface area contributed by atoms with Gasteiger partial charge in [0.25, 0.3) is 0 Å². The number of aromatic hydroxyl groups is 1. The van der Waals surface area contributed by atoms with Crippen LogP contribution in [-0.2, 0) is 12.8 Å². The van der Waals surface area contributed by atoms with Crippen LogP contribution >= 0.6 is 0 Å². The summed E-state index contributed by atoms with van der Waals surface area (Å²) >= 11 is 0. The zero-order chi connectivity index (χ0) is 14.6. The van der Waals surface area contributed by atoms with Gasteiger partial charge in [-0.15, -0.1) is 0 Å². The summed E-state index contributed by atoms with van der Waals surface area (Å²) in [4.78, 5) is 25.5. The summed E-state index contributed by atoms with van der Waals surface area (Å²) in [6, 6.07) is 8.52. The molecule has 21 heavy (non-hydrogen) atoms. The Labute approximate surface area is 122 Å². The van der Waals surface area contributed by atoms with E-state index in [0.29, 0.717) is 16.7 Å². The van der Waals surface area contributed by atoms with Crippen LogP contribution < -0.4 is 0 Å². The molecule has 2 aliphatic carbocycles. The zero-order valence-electron chi connectivity index (χ0n) is 11.5. The van der Waals surface area contributed by atoms with Crippen molar-refractivity contribution in [3.05, 3.63) is 63.7 Å². The molecule has 0 atom stereocenters. The van der Waals surface area contributed by atoms with Gasteiger partial charge in [0.2, 0.25) is 0 Å². The predicted octanol–water partition coefficient (Wildman–Crippen LogP) is 3.05. The number of phenols is 1. The predicted molar refractivity (Wildman–Crippen MR) is 78.1 cm³/mol. The fourth-order valence-corrected chi connectivity index (χ4v) is 3.52. The van der Waals surface area contributed by atoms with Gasteiger partial charge < -0.3 is 5.11 Å². The number of fused-ring (bicyclic) bond motifs is 4. The normalized spacial score (nSPS) is 16.2. The van der Waals surface area contributed by atoms with E-state index in [9.17, 15) is 14.7 Å². The standard InChI is InChI=1S/C18H14O3/c19-14-9-10-5-1-2-6-11(10)15-16(14)18(21)13-8-4-3-7-12(13)17(15)20/h3-4,7-9,19H,1-2,5-6H2. The Morgan fingerprint density at radius 3 is 2.19 bits per heavy atom. The lowest BCUT2D eigenvalue weighted by Crippen LogP contribution is -2.24. The highest BCUT2D eigenvalue weighted by atomic mass is 16.3. The molecule has 0 amide bonds. The second kappa shape index (κ2) is 4.29. The van der Waals surface area contributed by atoms with E-state index in [1.54, 1.807) is 30.3 Å². The van der Waals surface area contributed by atoms with Gasteiger partial charge in [-0.05, 0) is 42.9 Å². The highest BCUT2D eigenvalue weighted by molar-refractivity contribution is 6.29. The number of aryl methyl sites for hydroxylation is 1. The van der Waals surface area contributed by atoms with E-state index < -0.39 is 0 Å². The first-order valence-corrected chi connectivity index (χ1v) is 7.24. The van der Waals surface area contributed by atoms with Crippen LogP contribution in [0.5, 0.6) is 5.75 Å². The number of phenolic OH excluding ortho intramolecular Hbond substituents is 1. The molecular weight excluding hydrogens is 264 g/mol. The fourth-order valence-electron chi connectivity index (χ4n) is 3.52. The summed E-state index contributed by atoms with van der Waals surface area (Å²) in [5.41, 5.74) is 3.45. The molecule has 4 rings (SSSR count). The Morgan fingerprint density at radius 2 is 1.48 bits per heavy atom. The third-order valence-electron chi connectivity index (χ3n) is 4.50. The lowest BCUT2D eigenvalue weighted by atomic mass is 9.77. The van der Waals surface area contributed by atoms with Gasteiger partial charge in [0.05, 0.1) is 5.56 Å². The molecule has 0 radical (unpaired) electrons. The molecule has 104 valence electrons. The average molecular weight is 278 g/mol. The lowest BCUT2D eigenvalue weighted by molar-refractivity contribution is 0.0975. The number of hydrogen-bond acceptors (Lipinski definition) is 3. The van der Waals surface area contributed by atoms with Crippen molar-refractivity contribution in [3.8, 4) is 5.75 Å². The molecule has 2 aliphatic rings. The van der Waals surface area contributed by atoms with Gasteiger partial charge in [-0.2, -0.15) is 0 Å². The van der Waals surface area contributed by atoms with Gasteiger partial charge in [0.1, 0.15) is 5.75 Å². The second-order valence-corrected chi connectivity index (χ2v) is 5.69. The minimum atomic E-state index is -0.244. The van der Waals surface area contributed by atoms with Crippen molar-refractivity contribution < 1.29 is 14.7 Å². The molecule has 0 fully saturated rings. The van der Waals surface area contributed by atoms with Gasteiger partial charge in [-0.1, -0.05) is 24.3 Å². The van der Waals surface area contributed by atoms with Gasteiger partial charge in [-0.25, -0.2) is 0 Å². The quantitative estimate of drug-likeness (QED) is 0.687. The van der Waals surface area contributed by atoms with E-state index in [-0.39, 0.29) is 22.9 Å². The molecule has 2 aromatic rings. The van der Waals surface area contributed by atoms with Crippen molar-refractivity contribution >= 4 is 11.6 Å². The van der Waals surface area contributed by atoms with Crippen molar-refractivity contribution in [2.24, 2.45) is 0 Å². The Kier molecular flexibility index (Phi) is 2.52. The third kappa shape index (κ3) is 1.60. The van der Waals surface area contributed by atoms with Crippen LogP contribution in [0, 0.1) is 0 Å². The monoisotopic (exact) mass is 278 g/mol. The molecule has 0 unspecified atom stereocenters. The largest absolute Gasteiger partial charge is 0.507 e. The van der Waals surface area contributed by atoms with E-state index in [1.165, 1.54) is 0 Å². The van der Waals surface area contributed by atoms with Crippen molar-refractivity contribution in [3.63, 3.8) is 0 Å². The molecule has 0 spiro atoms. The SMILES string of the molecule is O=C1c2ccccc2C(=O)c2c3c(cc(O)c21)CCCC3. The molecule has 0 bridgehead atoms. The molecule has 2 aromatic carbocycles. The van der Waals surface area contributed by atoms with E-state index in [4.69, 9.17) is 0 Å². The number of rotatable bonds is 0. The zero-order valence-corrected chi connectivity index (χ0v) is 11.5.